The first-order valence-corrected chi connectivity index (χ1v) is 8.55. The van der Waals surface area contributed by atoms with E-state index in [1.165, 1.54) is 12.1 Å². The maximum Gasteiger partial charge on any atom is 0.247 e. The van der Waals surface area contributed by atoms with Gasteiger partial charge in [0.25, 0.3) is 0 Å². The molecule has 4 rings (SSSR count). The van der Waals surface area contributed by atoms with Gasteiger partial charge in [-0.3, -0.25) is 4.90 Å². The topological polar surface area (TPSA) is 62.4 Å². The summed E-state index contributed by atoms with van der Waals surface area (Å²) < 4.78 is 19.0. The van der Waals surface area contributed by atoms with E-state index >= 15 is 0 Å². The maximum atomic E-state index is 13.3. The number of fused-ring (bicyclic) bond motifs is 1. The molecule has 0 aliphatic heterocycles. The van der Waals surface area contributed by atoms with Crippen molar-refractivity contribution in [2.45, 2.75) is 44.4 Å². The highest BCUT2D eigenvalue weighted by molar-refractivity contribution is 5.52. The number of rotatable bonds is 4. The van der Waals surface area contributed by atoms with Crippen molar-refractivity contribution >= 4 is 0 Å². The zero-order valence-electron chi connectivity index (χ0n) is 13.7. The molecule has 0 bridgehead atoms. The Morgan fingerprint density at radius 2 is 1.96 bits per heavy atom. The predicted molar refractivity (Wildman–Crippen MR) is 86.4 cm³/mol. The Morgan fingerprint density at radius 3 is 2.67 bits per heavy atom. The Bertz CT molecular complexity index is 706. The van der Waals surface area contributed by atoms with Gasteiger partial charge in [-0.15, -0.1) is 10.2 Å². The SMILES string of the molecule is CN(Cc1nnc(-c2cccc(F)c2)o1)C1C[C@H]2CC(O)C[C@H]2C1. The van der Waals surface area contributed by atoms with Crippen LogP contribution < -0.4 is 0 Å². The van der Waals surface area contributed by atoms with Crippen LogP contribution in [0.4, 0.5) is 4.39 Å². The summed E-state index contributed by atoms with van der Waals surface area (Å²) >= 11 is 0. The summed E-state index contributed by atoms with van der Waals surface area (Å²) in [6.45, 7) is 0.592. The Balaban J connectivity index is 1.39. The summed E-state index contributed by atoms with van der Waals surface area (Å²) in [4.78, 5) is 2.26. The fourth-order valence-corrected chi connectivity index (χ4v) is 4.31. The van der Waals surface area contributed by atoms with Gasteiger partial charge >= 0.3 is 0 Å². The first-order valence-electron chi connectivity index (χ1n) is 8.55. The molecule has 1 aromatic carbocycles. The smallest absolute Gasteiger partial charge is 0.247 e. The second-order valence-electron chi connectivity index (χ2n) is 7.20. The first kappa shape index (κ1) is 15.7. The lowest BCUT2D eigenvalue weighted by Crippen LogP contribution is -2.30. The second-order valence-corrected chi connectivity index (χ2v) is 7.20. The molecule has 2 aliphatic rings. The van der Waals surface area contributed by atoms with Crippen LogP contribution in [0.2, 0.25) is 0 Å². The number of hydrogen-bond donors (Lipinski definition) is 1. The number of nitrogens with zero attached hydrogens (tertiary/aromatic N) is 3. The van der Waals surface area contributed by atoms with E-state index in [0.717, 1.165) is 25.7 Å². The van der Waals surface area contributed by atoms with Crippen molar-refractivity contribution in [3.8, 4) is 11.5 Å². The van der Waals surface area contributed by atoms with Gasteiger partial charge in [0, 0.05) is 11.6 Å². The molecule has 1 heterocycles. The van der Waals surface area contributed by atoms with Crippen LogP contribution in [-0.4, -0.2) is 39.4 Å². The highest BCUT2D eigenvalue weighted by atomic mass is 19.1. The van der Waals surface area contributed by atoms with Crippen LogP contribution in [0.15, 0.2) is 28.7 Å². The minimum Gasteiger partial charge on any atom is -0.419 e. The quantitative estimate of drug-likeness (QED) is 0.933. The van der Waals surface area contributed by atoms with Crippen LogP contribution in [-0.2, 0) is 6.54 Å². The van der Waals surface area contributed by atoms with Gasteiger partial charge in [-0.2, -0.15) is 0 Å². The van der Waals surface area contributed by atoms with Crippen LogP contribution in [0.5, 0.6) is 0 Å². The van der Waals surface area contributed by atoms with Gasteiger partial charge < -0.3 is 9.52 Å². The number of aliphatic hydroxyl groups excluding tert-OH is 1. The molecule has 2 fully saturated rings. The fraction of sp³-hybridized carbons (Fsp3) is 0.556. The third-order valence-electron chi connectivity index (χ3n) is 5.51. The Morgan fingerprint density at radius 1 is 1.21 bits per heavy atom. The second kappa shape index (κ2) is 6.26. The summed E-state index contributed by atoms with van der Waals surface area (Å²) in [5.74, 6) is 1.89. The van der Waals surface area contributed by atoms with Crippen molar-refractivity contribution in [2.24, 2.45) is 11.8 Å². The lowest BCUT2D eigenvalue weighted by atomic mass is 10.0. The van der Waals surface area contributed by atoms with Crippen molar-refractivity contribution in [1.29, 1.82) is 0 Å². The highest BCUT2D eigenvalue weighted by Crippen LogP contribution is 2.45. The molecule has 128 valence electrons. The summed E-state index contributed by atoms with van der Waals surface area (Å²) in [5, 5.41) is 17.9. The molecule has 0 amide bonds. The number of aromatic nitrogens is 2. The van der Waals surface area contributed by atoms with E-state index in [4.69, 9.17) is 4.42 Å². The first-order chi connectivity index (χ1) is 11.6. The van der Waals surface area contributed by atoms with Crippen molar-refractivity contribution in [3.63, 3.8) is 0 Å². The number of halogens is 1. The van der Waals surface area contributed by atoms with Gasteiger partial charge in [0.05, 0.1) is 12.6 Å². The summed E-state index contributed by atoms with van der Waals surface area (Å²) in [6.07, 6.45) is 4.04. The molecule has 2 unspecified atom stereocenters. The molecule has 1 aromatic heterocycles. The summed E-state index contributed by atoms with van der Waals surface area (Å²) in [6, 6.07) is 6.67. The molecule has 2 aliphatic carbocycles. The van der Waals surface area contributed by atoms with E-state index in [2.05, 4.69) is 22.1 Å². The van der Waals surface area contributed by atoms with Crippen molar-refractivity contribution < 1.29 is 13.9 Å². The van der Waals surface area contributed by atoms with Gasteiger partial charge in [0.2, 0.25) is 11.8 Å². The van der Waals surface area contributed by atoms with Gasteiger partial charge in [-0.1, -0.05) is 6.07 Å². The molecule has 5 nitrogen and oxygen atoms in total. The van der Waals surface area contributed by atoms with Gasteiger partial charge in [0.15, 0.2) is 0 Å². The van der Waals surface area contributed by atoms with Crippen LogP contribution in [0.3, 0.4) is 0 Å². The zero-order valence-corrected chi connectivity index (χ0v) is 13.7. The van der Waals surface area contributed by atoms with E-state index < -0.39 is 0 Å². The molecular formula is C18H22FN3O2. The van der Waals surface area contributed by atoms with Gasteiger partial charge in [-0.25, -0.2) is 4.39 Å². The predicted octanol–water partition coefficient (Wildman–Crippen LogP) is 2.86. The minimum atomic E-state index is -0.316. The van der Waals surface area contributed by atoms with E-state index in [1.807, 2.05) is 0 Å². The normalized spacial score (nSPS) is 29.3. The monoisotopic (exact) mass is 331 g/mol. The molecule has 0 saturated heterocycles. The van der Waals surface area contributed by atoms with Crippen LogP contribution >= 0.6 is 0 Å². The lowest BCUT2D eigenvalue weighted by Gasteiger charge is -2.23. The number of aliphatic hydroxyl groups is 1. The minimum absolute atomic E-state index is 0.101. The third-order valence-corrected chi connectivity index (χ3v) is 5.51. The van der Waals surface area contributed by atoms with Crippen LogP contribution in [0, 0.1) is 17.7 Å². The van der Waals surface area contributed by atoms with E-state index in [0.29, 0.717) is 41.8 Å². The largest absolute Gasteiger partial charge is 0.419 e. The van der Waals surface area contributed by atoms with Crippen molar-refractivity contribution in [3.05, 3.63) is 36.0 Å². The number of benzene rings is 1. The van der Waals surface area contributed by atoms with Gasteiger partial charge in [-0.05, 0) is 62.8 Å². The summed E-state index contributed by atoms with van der Waals surface area (Å²) in [5.41, 5.74) is 0.598. The number of hydrogen-bond acceptors (Lipinski definition) is 5. The maximum absolute atomic E-state index is 13.3. The van der Waals surface area contributed by atoms with E-state index in [9.17, 15) is 9.50 Å². The molecule has 2 aromatic rings. The standard InChI is InChI=1S/C18H22FN3O2/c1-22(15-6-12-8-16(23)9-13(12)7-15)10-17-20-21-18(24-17)11-3-2-4-14(19)5-11/h2-5,12-13,15-16,23H,6-10H2,1H3/t12-,13+,15?,16?. The lowest BCUT2D eigenvalue weighted by molar-refractivity contribution is 0.155. The van der Waals surface area contributed by atoms with Crippen molar-refractivity contribution in [1.82, 2.24) is 15.1 Å². The highest BCUT2D eigenvalue weighted by Gasteiger charge is 2.42. The molecule has 0 spiro atoms. The van der Waals surface area contributed by atoms with Crippen LogP contribution in [0.1, 0.15) is 31.6 Å². The molecule has 4 atom stereocenters. The van der Waals surface area contributed by atoms with Gasteiger partial charge in [0.1, 0.15) is 5.82 Å². The molecule has 0 radical (unpaired) electrons. The molecule has 24 heavy (non-hydrogen) atoms. The molecule has 2 saturated carbocycles. The molecule has 1 N–H and O–H groups in total. The molecule has 6 heteroatoms. The average molecular weight is 331 g/mol. The fourth-order valence-electron chi connectivity index (χ4n) is 4.31. The Hall–Kier alpha value is -1.79. The van der Waals surface area contributed by atoms with E-state index in [-0.39, 0.29) is 11.9 Å². The third kappa shape index (κ3) is 3.08. The average Bonchev–Trinajstić information content (AvgIpc) is 3.21. The van der Waals surface area contributed by atoms with Crippen molar-refractivity contribution in [2.75, 3.05) is 7.05 Å². The Labute approximate surface area is 140 Å². The van der Waals surface area contributed by atoms with E-state index in [1.54, 1.807) is 12.1 Å². The Kier molecular flexibility index (Phi) is 4.10. The summed E-state index contributed by atoms with van der Waals surface area (Å²) in [7, 11) is 2.08. The van der Waals surface area contributed by atoms with Crippen LogP contribution in [0.25, 0.3) is 11.5 Å². The molecular weight excluding hydrogens is 309 g/mol. The zero-order chi connectivity index (χ0) is 16.7.